The third-order valence-corrected chi connectivity index (χ3v) is 5.28. The summed E-state index contributed by atoms with van der Waals surface area (Å²) in [6.07, 6.45) is 4.01. The fraction of sp³-hybridized carbons (Fsp3) is 0.562. The number of halogens is 1. The van der Waals surface area contributed by atoms with Crippen molar-refractivity contribution in [1.29, 1.82) is 0 Å². The van der Waals surface area contributed by atoms with Gasteiger partial charge >= 0.3 is 0 Å². The zero-order valence-electron chi connectivity index (χ0n) is 13.4. The molecule has 124 valence electrons. The molecular weight excluding hydrogens is 376 g/mol. The van der Waals surface area contributed by atoms with E-state index >= 15 is 0 Å². The molecule has 0 amide bonds. The minimum Gasteiger partial charge on any atom is -0.492 e. The van der Waals surface area contributed by atoms with Gasteiger partial charge in [-0.1, -0.05) is 13.8 Å². The highest BCUT2D eigenvalue weighted by Crippen LogP contribution is 2.27. The first kappa shape index (κ1) is 16.6. The second-order valence-electron chi connectivity index (χ2n) is 6.15. The summed E-state index contributed by atoms with van der Waals surface area (Å²) < 4.78 is 11.1. The third-order valence-electron chi connectivity index (χ3n) is 4.02. The van der Waals surface area contributed by atoms with Gasteiger partial charge in [-0.3, -0.25) is 0 Å². The van der Waals surface area contributed by atoms with E-state index in [1.807, 2.05) is 12.1 Å². The van der Waals surface area contributed by atoms with Crippen molar-refractivity contribution in [2.45, 2.75) is 32.6 Å². The van der Waals surface area contributed by atoms with Crippen LogP contribution in [0.3, 0.4) is 0 Å². The zero-order chi connectivity index (χ0) is 16.2. The molecular formula is C16H21BrN4OS. The van der Waals surface area contributed by atoms with Crippen molar-refractivity contribution in [1.82, 2.24) is 14.3 Å². The van der Waals surface area contributed by atoms with E-state index in [2.05, 4.69) is 49.0 Å². The zero-order valence-corrected chi connectivity index (χ0v) is 15.8. The quantitative estimate of drug-likeness (QED) is 0.711. The maximum atomic E-state index is 5.85. The molecule has 0 atom stereocenters. The maximum Gasteiger partial charge on any atom is 0.205 e. The fourth-order valence-electron chi connectivity index (χ4n) is 2.54. The molecule has 5 nitrogen and oxygen atoms in total. The maximum absolute atomic E-state index is 5.85. The van der Waals surface area contributed by atoms with Gasteiger partial charge in [0.1, 0.15) is 16.2 Å². The number of hydrogen-bond acceptors (Lipinski definition) is 6. The molecule has 0 aliphatic carbocycles. The number of ether oxygens (including phenoxy) is 1. The smallest absolute Gasteiger partial charge is 0.205 e. The van der Waals surface area contributed by atoms with E-state index in [0.717, 1.165) is 53.8 Å². The molecule has 0 radical (unpaired) electrons. The van der Waals surface area contributed by atoms with E-state index in [4.69, 9.17) is 4.74 Å². The Morgan fingerprint density at radius 1 is 1.35 bits per heavy atom. The van der Waals surface area contributed by atoms with E-state index in [0.29, 0.717) is 11.8 Å². The fourth-order valence-corrected chi connectivity index (χ4v) is 3.64. The molecule has 2 aromatic rings. The topological polar surface area (TPSA) is 51.1 Å². The Bertz CT molecular complexity index is 623. The molecule has 1 saturated heterocycles. The molecule has 0 bridgehead atoms. The summed E-state index contributed by atoms with van der Waals surface area (Å²) in [5.41, 5.74) is 0. The SMILES string of the molecule is CC(C)c1nsc(N2CCC(COc3ccc(Br)nc3)CC2)n1. The summed E-state index contributed by atoms with van der Waals surface area (Å²) in [5.74, 6) is 2.78. The number of anilines is 1. The lowest BCUT2D eigenvalue weighted by Gasteiger charge is -2.31. The molecule has 3 heterocycles. The van der Waals surface area contributed by atoms with E-state index < -0.39 is 0 Å². The number of piperidine rings is 1. The first-order valence-corrected chi connectivity index (χ1v) is 9.51. The molecule has 1 aliphatic heterocycles. The minimum absolute atomic E-state index is 0.394. The van der Waals surface area contributed by atoms with Crippen LogP contribution in [0.15, 0.2) is 22.9 Å². The number of nitrogens with zero attached hydrogens (tertiary/aromatic N) is 4. The van der Waals surface area contributed by atoms with Crippen LogP contribution < -0.4 is 9.64 Å². The number of pyridine rings is 1. The summed E-state index contributed by atoms with van der Waals surface area (Å²) >= 11 is 4.85. The van der Waals surface area contributed by atoms with Gasteiger partial charge in [-0.25, -0.2) is 9.97 Å². The van der Waals surface area contributed by atoms with Crippen LogP contribution in [0.5, 0.6) is 5.75 Å². The Morgan fingerprint density at radius 3 is 2.74 bits per heavy atom. The van der Waals surface area contributed by atoms with Crippen LogP contribution in [-0.2, 0) is 0 Å². The standard InChI is InChI=1S/C16H21BrN4OS/c1-11(2)15-19-16(23-20-15)21-7-5-12(6-8-21)10-22-13-3-4-14(17)18-9-13/h3-4,9,11-12H,5-8,10H2,1-2H3. The molecule has 1 fully saturated rings. The number of aromatic nitrogens is 3. The van der Waals surface area contributed by atoms with Crippen molar-refractivity contribution in [3.63, 3.8) is 0 Å². The Hall–Kier alpha value is -1.21. The summed E-state index contributed by atoms with van der Waals surface area (Å²) in [5, 5.41) is 1.06. The molecule has 2 aromatic heterocycles. The Kier molecular flexibility index (Phi) is 5.48. The van der Waals surface area contributed by atoms with Crippen LogP contribution in [-0.4, -0.2) is 34.0 Å². The summed E-state index contributed by atoms with van der Waals surface area (Å²) in [6.45, 7) is 7.07. The van der Waals surface area contributed by atoms with Gasteiger partial charge < -0.3 is 9.64 Å². The number of hydrogen-bond donors (Lipinski definition) is 0. The van der Waals surface area contributed by atoms with Crippen molar-refractivity contribution in [2.24, 2.45) is 5.92 Å². The predicted molar refractivity (Wildman–Crippen MR) is 96.4 cm³/mol. The molecule has 1 aliphatic rings. The van der Waals surface area contributed by atoms with Crippen molar-refractivity contribution >= 4 is 32.6 Å². The molecule has 23 heavy (non-hydrogen) atoms. The van der Waals surface area contributed by atoms with Gasteiger partial charge in [0.25, 0.3) is 0 Å². The van der Waals surface area contributed by atoms with Crippen LogP contribution in [0, 0.1) is 5.92 Å². The van der Waals surface area contributed by atoms with Crippen molar-refractivity contribution in [3.8, 4) is 5.75 Å². The van der Waals surface area contributed by atoms with Gasteiger partial charge in [-0.05, 0) is 46.8 Å². The lowest BCUT2D eigenvalue weighted by molar-refractivity contribution is 0.222. The van der Waals surface area contributed by atoms with Crippen molar-refractivity contribution in [2.75, 3.05) is 24.6 Å². The van der Waals surface area contributed by atoms with E-state index in [9.17, 15) is 0 Å². The first-order chi connectivity index (χ1) is 11.1. The van der Waals surface area contributed by atoms with Gasteiger partial charge in [0.2, 0.25) is 5.13 Å². The van der Waals surface area contributed by atoms with Gasteiger partial charge in [-0.2, -0.15) is 4.37 Å². The summed E-state index contributed by atoms with van der Waals surface area (Å²) in [4.78, 5) is 11.2. The number of rotatable bonds is 5. The lowest BCUT2D eigenvalue weighted by Crippen LogP contribution is -2.35. The summed E-state index contributed by atoms with van der Waals surface area (Å²) in [7, 11) is 0. The van der Waals surface area contributed by atoms with E-state index in [1.165, 1.54) is 11.5 Å². The van der Waals surface area contributed by atoms with Crippen LogP contribution in [0.25, 0.3) is 0 Å². The van der Waals surface area contributed by atoms with Gasteiger partial charge in [0.15, 0.2) is 0 Å². The van der Waals surface area contributed by atoms with Crippen molar-refractivity contribution in [3.05, 3.63) is 28.8 Å². The highest BCUT2D eigenvalue weighted by atomic mass is 79.9. The Balaban J connectivity index is 1.47. The van der Waals surface area contributed by atoms with Crippen LogP contribution in [0.1, 0.15) is 38.4 Å². The van der Waals surface area contributed by atoms with Gasteiger partial charge in [0.05, 0.1) is 12.8 Å². The molecule has 0 saturated carbocycles. The average Bonchev–Trinajstić information content (AvgIpc) is 3.05. The van der Waals surface area contributed by atoms with Crippen LogP contribution in [0.4, 0.5) is 5.13 Å². The highest BCUT2D eigenvalue weighted by molar-refractivity contribution is 9.10. The van der Waals surface area contributed by atoms with E-state index in [1.54, 1.807) is 6.20 Å². The molecule has 0 spiro atoms. The Morgan fingerprint density at radius 2 is 2.13 bits per heavy atom. The normalized spacial score (nSPS) is 16.1. The monoisotopic (exact) mass is 396 g/mol. The van der Waals surface area contributed by atoms with Gasteiger partial charge in [0, 0.05) is 30.5 Å². The van der Waals surface area contributed by atoms with Crippen LogP contribution >= 0.6 is 27.5 Å². The molecule has 0 N–H and O–H groups in total. The molecule has 3 rings (SSSR count). The second-order valence-corrected chi connectivity index (χ2v) is 7.69. The van der Waals surface area contributed by atoms with Crippen LogP contribution in [0.2, 0.25) is 0 Å². The molecule has 0 unspecified atom stereocenters. The molecule has 0 aromatic carbocycles. The largest absolute Gasteiger partial charge is 0.492 e. The summed E-state index contributed by atoms with van der Waals surface area (Å²) in [6, 6.07) is 3.85. The second kappa shape index (κ2) is 7.57. The highest BCUT2D eigenvalue weighted by Gasteiger charge is 2.22. The lowest BCUT2D eigenvalue weighted by atomic mass is 9.98. The Labute approximate surface area is 149 Å². The average molecular weight is 397 g/mol. The van der Waals surface area contributed by atoms with E-state index in [-0.39, 0.29) is 0 Å². The van der Waals surface area contributed by atoms with Crippen molar-refractivity contribution < 1.29 is 4.74 Å². The molecule has 7 heteroatoms. The minimum atomic E-state index is 0.394. The third kappa shape index (κ3) is 4.41. The first-order valence-electron chi connectivity index (χ1n) is 7.94. The predicted octanol–water partition coefficient (Wildman–Crippen LogP) is 4.11. The van der Waals surface area contributed by atoms with Gasteiger partial charge in [-0.15, -0.1) is 0 Å².